The van der Waals surface area contributed by atoms with Crippen LogP contribution in [0.25, 0.3) is 17.1 Å². The van der Waals surface area contributed by atoms with E-state index >= 15 is 0 Å². The summed E-state index contributed by atoms with van der Waals surface area (Å²) in [5, 5.41) is 8.20. The minimum absolute atomic E-state index is 0.0145. The van der Waals surface area contributed by atoms with E-state index in [2.05, 4.69) is 15.4 Å². The average molecular weight is 439 g/mol. The first-order chi connectivity index (χ1) is 15.1. The van der Waals surface area contributed by atoms with Crippen LogP contribution in [0.3, 0.4) is 0 Å². The second-order valence-corrected chi connectivity index (χ2v) is 7.80. The molecule has 8 nitrogen and oxygen atoms in total. The lowest BCUT2D eigenvalue weighted by Crippen LogP contribution is -2.43. The quantitative estimate of drug-likeness (QED) is 0.614. The van der Waals surface area contributed by atoms with Crippen molar-refractivity contribution >= 4 is 23.5 Å². The zero-order valence-corrected chi connectivity index (χ0v) is 17.3. The molecule has 1 spiro atoms. The van der Waals surface area contributed by atoms with E-state index in [1.807, 2.05) is 24.3 Å². The molecule has 31 heavy (non-hydrogen) atoms. The highest BCUT2D eigenvalue weighted by molar-refractivity contribution is 6.32. The van der Waals surface area contributed by atoms with Crippen molar-refractivity contribution in [3.05, 3.63) is 64.9 Å². The van der Waals surface area contributed by atoms with Crippen LogP contribution >= 0.6 is 11.6 Å². The Labute approximate surface area is 183 Å². The van der Waals surface area contributed by atoms with Crippen LogP contribution in [0.5, 0.6) is 0 Å². The number of nitrogens with zero attached hydrogens (tertiary/aromatic N) is 3. The Morgan fingerprint density at radius 2 is 1.81 bits per heavy atom. The molecule has 0 unspecified atom stereocenters. The van der Waals surface area contributed by atoms with Crippen molar-refractivity contribution in [1.29, 1.82) is 0 Å². The summed E-state index contributed by atoms with van der Waals surface area (Å²) in [4.78, 5) is 29.0. The van der Waals surface area contributed by atoms with Crippen LogP contribution in [0, 0.1) is 0 Å². The van der Waals surface area contributed by atoms with Crippen LogP contribution in [0.2, 0.25) is 5.02 Å². The summed E-state index contributed by atoms with van der Waals surface area (Å²) in [6.07, 6.45) is 3.93. The standard InChI is InChI=1S/C22H19ClN4O4/c23-16-5-4-15-14(8-11-24-13-22(15)30-19(28)6-7-20(29)31-22)21(16)27-18(9-12-26-27)17-3-1-2-10-25-17/h1-5,9-10,12,24H,6-8,11,13H2. The zero-order chi connectivity index (χ0) is 21.4. The molecular formula is C22H19ClN4O4. The van der Waals surface area contributed by atoms with Gasteiger partial charge >= 0.3 is 11.9 Å². The van der Waals surface area contributed by atoms with E-state index in [0.717, 1.165) is 17.0 Å². The number of carbonyl (C=O) groups excluding carboxylic acids is 2. The molecule has 1 fully saturated rings. The van der Waals surface area contributed by atoms with Crippen LogP contribution in [0.4, 0.5) is 0 Å². The van der Waals surface area contributed by atoms with Crippen molar-refractivity contribution in [3.8, 4) is 17.1 Å². The number of aromatic nitrogens is 3. The highest BCUT2D eigenvalue weighted by atomic mass is 35.5. The minimum atomic E-state index is -1.55. The third-order valence-electron chi connectivity index (χ3n) is 5.43. The van der Waals surface area contributed by atoms with Crippen molar-refractivity contribution < 1.29 is 19.1 Å². The molecule has 2 aliphatic heterocycles. The lowest BCUT2D eigenvalue weighted by atomic mass is 9.96. The smallest absolute Gasteiger partial charge is 0.309 e. The molecule has 4 heterocycles. The number of esters is 2. The van der Waals surface area contributed by atoms with Gasteiger partial charge in [0.2, 0.25) is 0 Å². The van der Waals surface area contributed by atoms with E-state index < -0.39 is 17.7 Å². The summed E-state index contributed by atoms with van der Waals surface area (Å²) >= 11 is 6.67. The fourth-order valence-electron chi connectivity index (χ4n) is 4.07. The predicted octanol–water partition coefficient (Wildman–Crippen LogP) is 2.77. The highest BCUT2D eigenvalue weighted by Crippen LogP contribution is 2.40. The number of rotatable bonds is 2. The van der Waals surface area contributed by atoms with Gasteiger partial charge in [0.1, 0.15) is 0 Å². The van der Waals surface area contributed by atoms with Crippen LogP contribution < -0.4 is 5.32 Å². The van der Waals surface area contributed by atoms with Gasteiger partial charge in [-0.3, -0.25) is 14.6 Å². The number of halogens is 1. The Morgan fingerprint density at radius 3 is 2.55 bits per heavy atom. The van der Waals surface area contributed by atoms with Gasteiger partial charge in [-0.15, -0.1) is 0 Å². The molecule has 0 radical (unpaired) electrons. The molecule has 0 bridgehead atoms. The molecule has 3 aromatic rings. The van der Waals surface area contributed by atoms with Crippen molar-refractivity contribution in [2.75, 3.05) is 13.1 Å². The topological polar surface area (TPSA) is 95.3 Å². The monoisotopic (exact) mass is 438 g/mol. The van der Waals surface area contributed by atoms with E-state index in [1.165, 1.54) is 0 Å². The number of nitrogens with one attached hydrogen (secondary N) is 1. The fraction of sp³-hybridized carbons (Fsp3) is 0.273. The van der Waals surface area contributed by atoms with Crippen LogP contribution in [-0.2, 0) is 31.3 Å². The Balaban J connectivity index is 1.72. The van der Waals surface area contributed by atoms with Gasteiger partial charge in [0.25, 0.3) is 5.79 Å². The summed E-state index contributed by atoms with van der Waals surface area (Å²) in [7, 11) is 0. The molecule has 2 aromatic heterocycles. The average Bonchev–Trinajstić information content (AvgIpc) is 3.11. The maximum Gasteiger partial charge on any atom is 0.309 e. The third-order valence-corrected chi connectivity index (χ3v) is 5.73. The fourth-order valence-corrected chi connectivity index (χ4v) is 4.33. The van der Waals surface area contributed by atoms with Crippen molar-refractivity contribution in [1.82, 2.24) is 20.1 Å². The number of carbonyl (C=O) groups is 2. The molecule has 1 saturated heterocycles. The lowest BCUT2D eigenvalue weighted by Gasteiger charge is -2.32. The third kappa shape index (κ3) is 3.47. The SMILES string of the molecule is O=C1CCC(=O)OC2(CNCCc3c2ccc(Cl)c3-n2nccc2-c2ccccn2)O1. The molecule has 1 aromatic carbocycles. The van der Waals surface area contributed by atoms with Gasteiger partial charge in [0.15, 0.2) is 0 Å². The van der Waals surface area contributed by atoms with Crippen molar-refractivity contribution in [2.24, 2.45) is 0 Å². The van der Waals surface area contributed by atoms with Crippen LogP contribution in [0.15, 0.2) is 48.8 Å². The first kappa shape index (κ1) is 19.7. The number of fused-ring (bicyclic) bond motifs is 2. The molecule has 1 N–H and O–H groups in total. The Bertz CT molecular complexity index is 1140. The number of benzene rings is 1. The molecule has 9 heteroatoms. The highest BCUT2D eigenvalue weighted by Gasteiger charge is 2.46. The normalized spacial score (nSPS) is 18.0. The predicted molar refractivity (Wildman–Crippen MR) is 111 cm³/mol. The molecule has 0 aliphatic carbocycles. The van der Waals surface area contributed by atoms with E-state index in [9.17, 15) is 9.59 Å². The van der Waals surface area contributed by atoms with Gasteiger partial charge in [0, 0.05) is 11.8 Å². The molecular weight excluding hydrogens is 420 g/mol. The molecule has 0 amide bonds. The summed E-state index contributed by atoms with van der Waals surface area (Å²) in [6.45, 7) is 0.738. The van der Waals surface area contributed by atoms with Gasteiger partial charge in [-0.25, -0.2) is 4.68 Å². The zero-order valence-electron chi connectivity index (χ0n) is 16.5. The molecule has 2 aliphatic rings. The Kier molecular flexibility index (Phi) is 4.95. The Hall–Kier alpha value is -3.23. The number of hydrogen-bond donors (Lipinski definition) is 1. The summed E-state index contributed by atoms with van der Waals surface area (Å²) < 4.78 is 13.2. The van der Waals surface area contributed by atoms with Gasteiger partial charge in [-0.1, -0.05) is 17.7 Å². The van der Waals surface area contributed by atoms with Gasteiger partial charge in [-0.2, -0.15) is 5.10 Å². The minimum Gasteiger partial charge on any atom is -0.416 e. The summed E-state index contributed by atoms with van der Waals surface area (Å²) in [6, 6.07) is 10.9. The molecule has 0 atom stereocenters. The van der Waals surface area contributed by atoms with Crippen LogP contribution in [-0.4, -0.2) is 39.8 Å². The summed E-state index contributed by atoms with van der Waals surface area (Å²) in [5.74, 6) is -2.51. The first-order valence-corrected chi connectivity index (χ1v) is 10.4. The van der Waals surface area contributed by atoms with E-state index in [4.69, 9.17) is 21.1 Å². The van der Waals surface area contributed by atoms with E-state index in [1.54, 1.807) is 29.2 Å². The molecule has 158 valence electrons. The van der Waals surface area contributed by atoms with E-state index in [0.29, 0.717) is 29.2 Å². The van der Waals surface area contributed by atoms with Crippen molar-refractivity contribution in [3.63, 3.8) is 0 Å². The number of ether oxygens (including phenoxy) is 2. The maximum atomic E-state index is 12.3. The Morgan fingerprint density at radius 1 is 1.00 bits per heavy atom. The largest absolute Gasteiger partial charge is 0.416 e. The molecule has 0 saturated carbocycles. The summed E-state index contributed by atoms with van der Waals surface area (Å²) in [5.41, 5.74) is 3.52. The van der Waals surface area contributed by atoms with E-state index in [-0.39, 0.29) is 19.4 Å². The molecule has 5 rings (SSSR count). The van der Waals surface area contributed by atoms with Gasteiger partial charge < -0.3 is 14.8 Å². The number of pyridine rings is 1. The van der Waals surface area contributed by atoms with Crippen molar-refractivity contribution in [2.45, 2.75) is 25.0 Å². The first-order valence-electron chi connectivity index (χ1n) is 9.99. The van der Waals surface area contributed by atoms with Gasteiger partial charge in [-0.05, 0) is 48.9 Å². The maximum absolute atomic E-state index is 12.3. The second-order valence-electron chi connectivity index (χ2n) is 7.39. The number of hydrogen-bond acceptors (Lipinski definition) is 7. The lowest BCUT2D eigenvalue weighted by molar-refractivity contribution is -0.225. The van der Waals surface area contributed by atoms with Gasteiger partial charge in [0.05, 0.1) is 47.7 Å². The van der Waals surface area contributed by atoms with Crippen LogP contribution in [0.1, 0.15) is 24.0 Å². The second kappa shape index (κ2) is 7.79.